The number of carbonyl (C=O) groups excluding carboxylic acids is 2. The minimum atomic E-state index is -1.29. The molecule has 0 aromatic heterocycles. The first-order chi connectivity index (χ1) is 11.8. The number of amides is 1. The monoisotopic (exact) mass is 344 g/mol. The highest BCUT2D eigenvalue weighted by Crippen LogP contribution is 2.21. The normalized spacial score (nSPS) is 11.8. The van der Waals surface area contributed by atoms with E-state index in [9.17, 15) is 19.1 Å². The second-order valence-electron chi connectivity index (χ2n) is 5.84. The molecule has 0 fully saturated rings. The molecule has 1 amide bonds. The van der Waals surface area contributed by atoms with Crippen LogP contribution in [0.4, 0.5) is 4.39 Å². The van der Waals surface area contributed by atoms with E-state index in [2.05, 4.69) is 5.32 Å². The number of hydrogen-bond donors (Lipinski definition) is 1. The van der Waals surface area contributed by atoms with Gasteiger partial charge in [-0.15, -0.1) is 0 Å². The zero-order valence-corrected chi connectivity index (χ0v) is 14.0. The molecule has 0 aliphatic rings. The van der Waals surface area contributed by atoms with Gasteiger partial charge in [-0.1, -0.05) is 12.1 Å². The van der Waals surface area contributed by atoms with Crippen molar-refractivity contribution >= 4 is 11.9 Å². The highest BCUT2D eigenvalue weighted by molar-refractivity contribution is 5.94. The van der Waals surface area contributed by atoms with Gasteiger partial charge in [-0.25, -0.2) is 4.39 Å². The van der Waals surface area contributed by atoms with Crippen LogP contribution in [0.5, 0.6) is 5.75 Å². The van der Waals surface area contributed by atoms with E-state index >= 15 is 0 Å². The smallest absolute Gasteiger partial charge is 0.251 e. The van der Waals surface area contributed by atoms with Crippen LogP contribution in [0.25, 0.3) is 0 Å². The van der Waals surface area contributed by atoms with Crippen LogP contribution >= 0.6 is 0 Å². The van der Waals surface area contributed by atoms with Gasteiger partial charge in [-0.05, 0) is 55.8 Å². The minimum Gasteiger partial charge on any atom is -0.550 e. The number of carboxylic acids is 1. The number of carboxylic acid groups (broad SMARTS) is 1. The van der Waals surface area contributed by atoms with Crippen molar-refractivity contribution in [3.63, 3.8) is 0 Å². The lowest BCUT2D eigenvalue weighted by atomic mass is 10.0. The van der Waals surface area contributed by atoms with E-state index < -0.39 is 23.7 Å². The average Bonchev–Trinajstić information content (AvgIpc) is 2.54. The Hall–Kier alpha value is -2.89. The molecule has 6 heteroatoms. The quantitative estimate of drug-likeness (QED) is 0.835. The molecule has 1 unspecified atom stereocenters. The van der Waals surface area contributed by atoms with Crippen LogP contribution in [0.2, 0.25) is 0 Å². The van der Waals surface area contributed by atoms with Crippen LogP contribution in [-0.2, 0) is 4.79 Å². The van der Waals surface area contributed by atoms with E-state index in [0.29, 0.717) is 11.3 Å². The molecule has 2 aromatic rings. The highest BCUT2D eigenvalue weighted by atomic mass is 19.1. The molecular formula is C19H19FNO4-. The third-order valence-corrected chi connectivity index (χ3v) is 3.44. The molecule has 132 valence electrons. The summed E-state index contributed by atoms with van der Waals surface area (Å²) in [5.41, 5.74) is 0.847. The van der Waals surface area contributed by atoms with Crippen molar-refractivity contribution in [2.45, 2.75) is 32.4 Å². The third kappa shape index (κ3) is 5.60. The second-order valence-corrected chi connectivity index (χ2v) is 5.84. The lowest BCUT2D eigenvalue weighted by Gasteiger charge is -2.20. The van der Waals surface area contributed by atoms with Crippen molar-refractivity contribution in [1.82, 2.24) is 5.32 Å². The lowest BCUT2D eigenvalue weighted by molar-refractivity contribution is -0.306. The highest BCUT2D eigenvalue weighted by Gasteiger charge is 2.16. The molecule has 0 bridgehead atoms. The second kappa shape index (κ2) is 8.28. The first-order valence-corrected chi connectivity index (χ1v) is 7.88. The predicted octanol–water partition coefficient (Wildman–Crippen LogP) is 2.22. The Bertz CT molecular complexity index is 726. The van der Waals surface area contributed by atoms with Gasteiger partial charge in [0.2, 0.25) is 0 Å². The Morgan fingerprint density at radius 3 is 2.20 bits per heavy atom. The van der Waals surface area contributed by atoms with Gasteiger partial charge in [0.25, 0.3) is 5.91 Å². The Morgan fingerprint density at radius 1 is 1.08 bits per heavy atom. The zero-order valence-electron chi connectivity index (χ0n) is 14.0. The fourth-order valence-corrected chi connectivity index (χ4v) is 2.31. The molecule has 5 nitrogen and oxygen atoms in total. The molecule has 0 spiro atoms. The molecule has 2 aromatic carbocycles. The summed E-state index contributed by atoms with van der Waals surface area (Å²) in [6, 6.07) is 11.0. The summed E-state index contributed by atoms with van der Waals surface area (Å²) in [5.74, 6) is -1.58. The summed E-state index contributed by atoms with van der Waals surface area (Å²) in [7, 11) is 0. The SMILES string of the molecule is CC(C)Oc1ccc(C(CC(=O)[O-])NC(=O)c2ccc(F)cc2)cc1. The van der Waals surface area contributed by atoms with Gasteiger partial charge >= 0.3 is 0 Å². The number of halogens is 1. The summed E-state index contributed by atoms with van der Waals surface area (Å²) in [6.07, 6.45) is -0.361. The molecule has 0 heterocycles. The first kappa shape index (κ1) is 18.4. The summed E-state index contributed by atoms with van der Waals surface area (Å²) in [6.45, 7) is 3.80. The van der Waals surface area contributed by atoms with Crippen LogP contribution in [0.1, 0.15) is 42.2 Å². The molecule has 0 saturated heterocycles. The van der Waals surface area contributed by atoms with E-state index in [1.54, 1.807) is 24.3 Å². The van der Waals surface area contributed by atoms with Gasteiger partial charge in [0.05, 0.1) is 12.1 Å². The van der Waals surface area contributed by atoms with Crippen molar-refractivity contribution in [3.05, 3.63) is 65.5 Å². The topological polar surface area (TPSA) is 78.5 Å². The largest absolute Gasteiger partial charge is 0.550 e. The standard InChI is InChI=1S/C19H20FNO4/c1-12(2)25-16-9-5-13(6-10-16)17(11-18(22)23)21-19(24)14-3-7-15(20)8-4-14/h3-10,12,17H,11H2,1-2H3,(H,21,24)(H,22,23)/p-1. The fraction of sp³-hybridized carbons (Fsp3) is 0.263. The number of benzene rings is 2. The number of ether oxygens (including phenoxy) is 1. The number of rotatable bonds is 7. The average molecular weight is 344 g/mol. The molecule has 0 aliphatic heterocycles. The Morgan fingerprint density at radius 2 is 1.68 bits per heavy atom. The fourth-order valence-electron chi connectivity index (χ4n) is 2.31. The summed E-state index contributed by atoms with van der Waals surface area (Å²) < 4.78 is 18.5. The number of nitrogens with one attached hydrogen (secondary N) is 1. The maximum absolute atomic E-state index is 12.9. The zero-order chi connectivity index (χ0) is 18.4. The van der Waals surface area contributed by atoms with Gasteiger partial charge < -0.3 is 20.0 Å². The summed E-state index contributed by atoms with van der Waals surface area (Å²) >= 11 is 0. The van der Waals surface area contributed by atoms with Gasteiger partial charge in [0.15, 0.2) is 0 Å². The van der Waals surface area contributed by atoms with Crippen LogP contribution in [0, 0.1) is 5.82 Å². The minimum absolute atomic E-state index is 0.0167. The number of carbonyl (C=O) groups is 2. The summed E-state index contributed by atoms with van der Waals surface area (Å²) in [5, 5.41) is 13.7. The van der Waals surface area contributed by atoms with Gasteiger partial charge in [-0.3, -0.25) is 4.79 Å². The van der Waals surface area contributed by atoms with Crippen LogP contribution in [0.3, 0.4) is 0 Å². The van der Waals surface area contributed by atoms with Gasteiger partial charge in [-0.2, -0.15) is 0 Å². The summed E-state index contributed by atoms with van der Waals surface area (Å²) in [4.78, 5) is 23.3. The van der Waals surface area contributed by atoms with Gasteiger partial charge in [0.1, 0.15) is 11.6 Å². The molecule has 2 rings (SSSR count). The van der Waals surface area contributed by atoms with E-state index in [4.69, 9.17) is 4.74 Å². The molecule has 1 N–H and O–H groups in total. The maximum Gasteiger partial charge on any atom is 0.251 e. The third-order valence-electron chi connectivity index (χ3n) is 3.44. The number of aliphatic carboxylic acids is 1. The van der Waals surface area contributed by atoms with Crippen molar-refractivity contribution in [1.29, 1.82) is 0 Å². The van der Waals surface area contributed by atoms with Crippen molar-refractivity contribution in [2.24, 2.45) is 0 Å². The van der Waals surface area contributed by atoms with Crippen molar-refractivity contribution in [3.8, 4) is 5.75 Å². The van der Waals surface area contributed by atoms with Crippen LogP contribution in [0.15, 0.2) is 48.5 Å². The predicted molar refractivity (Wildman–Crippen MR) is 88.4 cm³/mol. The van der Waals surface area contributed by atoms with E-state index in [1.165, 1.54) is 24.3 Å². The molecule has 0 aliphatic carbocycles. The lowest BCUT2D eigenvalue weighted by Crippen LogP contribution is -2.34. The van der Waals surface area contributed by atoms with Crippen molar-refractivity contribution in [2.75, 3.05) is 0 Å². The molecule has 25 heavy (non-hydrogen) atoms. The van der Waals surface area contributed by atoms with E-state index in [-0.39, 0.29) is 18.1 Å². The maximum atomic E-state index is 12.9. The molecule has 0 radical (unpaired) electrons. The van der Waals surface area contributed by atoms with Crippen LogP contribution in [-0.4, -0.2) is 18.0 Å². The Balaban J connectivity index is 2.16. The van der Waals surface area contributed by atoms with Crippen LogP contribution < -0.4 is 15.2 Å². The Kier molecular flexibility index (Phi) is 6.11. The van der Waals surface area contributed by atoms with Crippen molar-refractivity contribution < 1.29 is 23.8 Å². The van der Waals surface area contributed by atoms with E-state index in [0.717, 1.165) is 0 Å². The first-order valence-electron chi connectivity index (χ1n) is 7.88. The van der Waals surface area contributed by atoms with E-state index in [1.807, 2.05) is 13.8 Å². The van der Waals surface area contributed by atoms with Gasteiger partial charge in [0, 0.05) is 18.0 Å². The molecule has 0 saturated carbocycles. The Labute approximate surface area is 145 Å². The molecular weight excluding hydrogens is 325 g/mol. The number of hydrogen-bond acceptors (Lipinski definition) is 4. The molecule has 1 atom stereocenters.